The second kappa shape index (κ2) is 27.0. The van der Waals surface area contributed by atoms with E-state index in [0.29, 0.717) is 0 Å². The smallest absolute Gasteiger partial charge is 0.344 e. The van der Waals surface area contributed by atoms with Crippen LogP contribution in [0.25, 0.3) is 0 Å². The molecule has 0 unspecified atom stereocenters. The first kappa shape index (κ1) is 33.4. The second-order valence-electron chi connectivity index (χ2n) is 6.32. The molecule has 0 bridgehead atoms. The first-order chi connectivity index (χ1) is 10.9. The predicted molar refractivity (Wildman–Crippen MR) is 104 cm³/mol. The Hall–Kier alpha value is 0.758. The topological polar surface area (TPSA) is 113 Å². The number of hydrogen-bond donors (Lipinski definition) is 4. The van der Waals surface area contributed by atoms with Crippen LogP contribution in [-0.4, -0.2) is 14.7 Å². The molecule has 0 aliphatic heterocycles. The van der Waals surface area contributed by atoms with Crippen molar-refractivity contribution in [2.45, 2.75) is 110 Å². The summed E-state index contributed by atoms with van der Waals surface area (Å²) in [6, 6.07) is 0. The minimum atomic E-state index is -4.64. The molecule has 0 fully saturated rings. The van der Waals surface area contributed by atoms with E-state index in [0.717, 1.165) is 6.42 Å². The molecule has 0 radical (unpaired) electrons. The Morgan fingerprint density at radius 3 is 1.04 bits per heavy atom. The standard InChI is InChI=1S/C18H37.Mo.H3N.H3O4P/c1-3-5-7-9-11-13-15-17-18-16-14-12-10-8-6-4-2;;;1-5(2,3)4/h1,3-18H2,2H3;;1H3;(H3,1,2,3,4)/q-1;;;. The van der Waals surface area contributed by atoms with Crippen molar-refractivity contribution < 1.29 is 40.3 Å². The molecule has 0 rings (SSSR count). The zero-order valence-electron chi connectivity index (χ0n) is 16.3. The normalized spacial score (nSPS) is 10.3. The van der Waals surface area contributed by atoms with E-state index in [-0.39, 0.29) is 27.2 Å². The van der Waals surface area contributed by atoms with Crippen LogP contribution in [-0.2, 0) is 25.6 Å². The van der Waals surface area contributed by atoms with Gasteiger partial charge in [-0.3, -0.25) is 0 Å². The third kappa shape index (κ3) is 51.6. The fourth-order valence-corrected chi connectivity index (χ4v) is 2.55. The van der Waals surface area contributed by atoms with E-state index in [9.17, 15) is 0 Å². The maximum atomic E-state index is 8.88. The summed E-state index contributed by atoms with van der Waals surface area (Å²) in [5.41, 5.74) is 0. The van der Waals surface area contributed by atoms with Gasteiger partial charge in [0.1, 0.15) is 0 Å². The largest absolute Gasteiger partial charge is 0.466 e. The fourth-order valence-electron chi connectivity index (χ4n) is 2.55. The van der Waals surface area contributed by atoms with Crippen LogP contribution in [0.3, 0.4) is 0 Å². The van der Waals surface area contributed by atoms with E-state index in [1.807, 2.05) is 0 Å². The number of unbranched alkanes of at least 4 members (excludes halogenated alkanes) is 15. The van der Waals surface area contributed by atoms with Crippen molar-refractivity contribution in [2.24, 2.45) is 0 Å². The van der Waals surface area contributed by atoms with Gasteiger partial charge in [-0.1, -0.05) is 103 Å². The van der Waals surface area contributed by atoms with E-state index in [2.05, 4.69) is 13.8 Å². The summed E-state index contributed by atoms with van der Waals surface area (Å²) in [6.45, 7) is 6.18. The van der Waals surface area contributed by atoms with Crippen molar-refractivity contribution in [3.63, 3.8) is 0 Å². The molecule has 0 aliphatic rings. The molecular formula is C18H43MoNO4P-. The summed E-state index contributed by atoms with van der Waals surface area (Å²) in [7, 11) is -4.64. The van der Waals surface area contributed by atoms with E-state index in [1.54, 1.807) is 0 Å². The van der Waals surface area contributed by atoms with Crippen molar-refractivity contribution in [3.05, 3.63) is 6.92 Å². The van der Waals surface area contributed by atoms with Gasteiger partial charge in [0.15, 0.2) is 0 Å². The Bertz CT molecular complexity index is 241. The summed E-state index contributed by atoms with van der Waals surface area (Å²) in [5, 5.41) is 0. The number of hydrogen-bond acceptors (Lipinski definition) is 2. The summed E-state index contributed by atoms with van der Waals surface area (Å²) < 4.78 is 8.88. The third-order valence-corrected chi connectivity index (χ3v) is 3.85. The Labute approximate surface area is 170 Å². The van der Waals surface area contributed by atoms with Crippen LogP contribution in [0.15, 0.2) is 0 Å². The van der Waals surface area contributed by atoms with Crippen LogP contribution in [0, 0.1) is 6.92 Å². The quantitative estimate of drug-likeness (QED) is 0.0981. The van der Waals surface area contributed by atoms with E-state index < -0.39 is 7.82 Å². The van der Waals surface area contributed by atoms with Crippen molar-refractivity contribution in [3.8, 4) is 0 Å². The maximum absolute atomic E-state index is 8.88. The van der Waals surface area contributed by atoms with Crippen LogP contribution in [0.4, 0.5) is 0 Å². The van der Waals surface area contributed by atoms with Gasteiger partial charge < -0.3 is 27.8 Å². The molecule has 0 heterocycles. The van der Waals surface area contributed by atoms with Gasteiger partial charge in [-0.25, -0.2) is 4.57 Å². The number of phosphoric acid groups is 1. The van der Waals surface area contributed by atoms with Gasteiger partial charge in [0.25, 0.3) is 0 Å². The van der Waals surface area contributed by atoms with Gasteiger partial charge in [-0.2, -0.15) is 6.42 Å². The average Bonchev–Trinajstić information content (AvgIpc) is 2.46. The van der Waals surface area contributed by atoms with Crippen LogP contribution in [0.5, 0.6) is 0 Å². The molecule has 0 aromatic rings. The molecule has 0 aromatic heterocycles. The minimum Gasteiger partial charge on any atom is -0.344 e. The van der Waals surface area contributed by atoms with E-state index in [4.69, 9.17) is 19.2 Å². The SMILES string of the molecule is N.O=P(O)(O)O.[CH2-]CCCCCCCCCCCCCCCCC.[Mo]. The molecular weight excluding hydrogens is 421 g/mol. The van der Waals surface area contributed by atoms with Gasteiger partial charge in [0.2, 0.25) is 0 Å². The van der Waals surface area contributed by atoms with Gasteiger partial charge in [-0.05, 0) is 0 Å². The molecule has 7 heteroatoms. The van der Waals surface area contributed by atoms with E-state index >= 15 is 0 Å². The molecule has 0 amide bonds. The maximum Gasteiger partial charge on any atom is 0.466 e. The average molecular weight is 464 g/mol. The predicted octanol–water partition coefficient (Wildman–Crippen LogP) is 6.31. The van der Waals surface area contributed by atoms with Crippen LogP contribution < -0.4 is 6.15 Å². The Balaban J connectivity index is -0.000000276. The molecule has 5 nitrogen and oxygen atoms in total. The molecule has 0 aromatic carbocycles. The number of rotatable bonds is 15. The van der Waals surface area contributed by atoms with Gasteiger partial charge >= 0.3 is 7.82 Å². The van der Waals surface area contributed by atoms with Crippen molar-refractivity contribution in [1.29, 1.82) is 0 Å². The van der Waals surface area contributed by atoms with Crippen LogP contribution in [0.1, 0.15) is 110 Å². The summed E-state index contributed by atoms with van der Waals surface area (Å²) in [5.74, 6) is 0. The fraction of sp³-hybridized carbons (Fsp3) is 0.944. The molecule has 0 saturated heterocycles. The zero-order valence-corrected chi connectivity index (χ0v) is 19.2. The van der Waals surface area contributed by atoms with Crippen molar-refractivity contribution >= 4 is 7.82 Å². The molecule has 0 aliphatic carbocycles. The Morgan fingerprint density at radius 2 is 0.840 bits per heavy atom. The summed E-state index contributed by atoms with van der Waals surface area (Å²) in [6.07, 6.45) is 22.8. The molecule has 0 saturated carbocycles. The molecule has 0 atom stereocenters. The Kier molecular flexibility index (Phi) is 36.0. The van der Waals surface area contributed by atoms with Crippen LogP contribution >= 0.6 is 7.82 Å². The zero-order chi connectivity index (χ0) is 17.8. The Morgan fingerprint density at radius 1 is 0.640 bits per heavy atom. The first-order valence-electron chi connectivity index (χ1n) is 9.49. The molecule has 156 valence electrons. The van der Waals surface area contributed by atoms with Gasteiger partial charge in [0.05, 0.1) is 0 Å². The molecule has 6 N–H and O–H groups in total. The van der Waals surface area contributed by atoms with Crippen molar-refractivity contribution in [2.75, 3.05) is 0 Å². The monoisotopic (exact) mass is 466 g/mol. The molecule has 0 spiro atoms. The third-order valence-electron chi connectivity index (χ3n) is 3.85. The van der Waals surface area contributed by atoms with Gasteiger partial charge in [0, 0.05) is 21.1 Å². The second-order valence-corrected chi connectivity index (χ2v) is 7.34. The summed E-state index contributed by atoms with van der Waals surface area (Å²) in [4.78, 5) is 21.6. The van der Waals surface area contributed by atoms with Gasteiger partial charge in [-0.15, -0.1) is 0 Å². The van der Waals surface area contributed by atoms with E-state index in [1.165, 1.54) is 96.3 Å². The first-order valence-corrected chi connectivity index (χ1v) is 11.1. The minimum absolute atomic E-state index is 0. The summed E-state index contributed by atoms with van der Waals surface area (Å²) >= 11 is 0. The molecule has 25 heavy (non-hydrogen) atoms. The van der Waals surface area contributed by atoms with Crippen LogP contribution in [0.2, 0.25) is 0 Å². The van der Waals surface area contributed by atoms with Crippen molar-refractivity contribution in [1.82, 2.24) is 6.15 Å².